The molecule has 1 N–H and O–H groups in total. The molecule has 1 saturated heterocycles. The Morgan fingerprint density at radius 2 is 1.91 bits per heavy atom. The summed E-state index contributed by atoms with van der Waals surface area (Å²) >= 11 is 0. The van der Waals surface area contributed by atoms with E-state index < -0.39 is 0 Å². The van der Waals surface area contributed by atoms with Crippen LogP contribution in [0.1, 0.15) is 28.7 Å². The van der Waals surface area contributed by atoms with Crippen molar-refractivity contribution >= 4 is 22.5 Å². The van der Waals surface area contributed by atoms with E-state index in [9.17, 15) is 10.4 Å². The van der Waals surface area contributed by atoms with Gasteiger partial charge in [0.05, 0.1) is 16.6 Å². The summed E-state index contributed by atoms with van der Waals surface area (Å²) in [6.45, 7) is 3.93. The predicted octanol–water partition coefficient (Wildman–Crippen LogP) is 4.10. The molecule has 1 aliphatic rings. The number of anilines is 1. The Bertz CT molecular complexity index is 1350. The number of aromatic hydroxyl groups is 1. The van der Waals surface area contributed by atoms with Crippen LogP contribution in [0.4, 0.5) is 5.82 Å². The van der Waals surface area contributed by atoms with Crippen LogP contribution in [-0.2, 0) is 6.42 Å². The number of nitrogens with zero attached hydrogens (tertiary/aromatic N) is 5. The van der Waals surface area contributed by atoms with Gasteiger partial charge in [0.2, 0.25) is 0 Å². The van der Waals surface area contributed by atoms with Gasteiger partial charge in [0.15, 0.2) is 5.65 Å². The van der Waals surface area contributed by atoms with Gasteiger partial charge in [-0.15, -0.1) is 0 Å². The highest BCUT2D eigenvalue weighted by Crippen LogP contribution is 2.36. The largest absolute Gasteiger partial charge is 0.508 e. The molecule has 0 aliphatic carbocycles. The first-order valence-electron chi connectivity index (χ1n) is 11.0. The van der Waals surface area contributed by atoms with Crippen molar-refractivity contribution in [1.29, 1.82) is 5.26 Å². The van der Waals surface area contributed by atoms with Gasteiger partial charge in [0.1, 0.15) is 17.6 Å². The molecule has 0 spiro atoms. The second-order valence-electron chi connectivity index (χ2n) is 8.87. The minimum atomic E-state index is 0.257. The molecule has 6 nitrogen and oxygen atoms in total. The van der Waals surface area contributed by atoms with E-state index in [0.717, 1.165) is 58.7 Å². The predicted molar refractivity (Wildman–Crippen MR) is 127 cm³/mol. The van der Waals surface area contributed by atoms with Crippen LogP contribution >= 0.6 is 0 Å². The molecule has 0 saturated carbocycles. The first-order valence-corrected chi connectivity index (χ1v) is 11.0. The van der Waals surface area contributed by atoms with Crippen molar-refractivity contribution in [2.45, 2.75) is 25.8 Å². The van der Waals surface area contributed by atoms with Crippen molar-refractivity contribution in [2.24, 2.45) is 0 Å². The molecule has 2 aromatic carbocycles. The lowest BCUT2D eigenvalue weighted by Crippen LogP contribution is -2.32. The number of fused-ring (bicyclic) bond motifs is 3. The third-order valence-electron chi connectivity index (χ3n) is 6.72. The lowest BCUT2D eigenvalue weighted by Gasteiger charge is -2.27. The molecule has 2 aromatic heterocycles. The Morgan fingerprint density at radius 3 is 2.59 bits per heavy atom. The molecule has 4 aromatic rings. The third kappa shape index (κ3) is 3.26. The number of likely N-dealkylation sites (N-methyl/N-ethyl adjacent to an activating group) is 1. The summed E-state index contributed by atoms with van der Waals surface area (Å²) in [4.78, 5) is 9.61. The van der Waals surface area contributed by atoms with Gasteiger partial charge >= 0.3 is 0 Å². The fraction of sp³-hybridized carbons (Fsp3) is 0.308. The highest BCUT2D eigenvalue weighted by molar-refractivity contribution is 5.86. The lowest BCUT2D eigenvalue weighted by molar-refractivity contribution is 0.315. The number of aromatic nitrogens is 2. The quantitative estimate of drug-likeness (QED) is 0.533. The summed E-state index contributed by atoms with van der Waals surface area (Å²) in [5.41, 5.74) is 6.49. The van der Waals surface area contributed by atoms with Crippen LogP contribution in [0.25, 0.3) is 16.7 Å². The Kier molecular flexibility index (Phi) is 4.99. The standard InChI is InChI=1S/C26H27N5O/c1-17-21(14-18-8-10-20(32)11-9-18)26(30-13-12-19(16-30)29(2)3)31-24-7-5-4-6-23(24)28-25(31)22(17)15-27/h4-11,19,32H,12-14,16H2,1-3H3/t19-/m0/s1. The van der Waals surface area contributed by atoms with Gasteiger partial charge in [-0.3, -0.25) is 4.40 Å². The molecule has 1 atom stereocenters. The normalized spacial score (nSPS) is 16.3. The Balaban J connectivity index is 1.80. The van der Waals surface area contributed by atoms with Crippen LogP contribution < -0.4 is 4.90 Å². The highest BCUT2D eigenvalue weighted by atomic mass is 16.3. The van der Waals surface area contributed by atoms with Crippen LogP contribution in [-0.4, -0.2) is 52.6 Å². The van der Waals surface area contributed by atoms with Gasteiger partial charge < -0.3 is 14.9 Å². The first kappa shape index (κ1) is 20.3. The molecule has 162 valence electrons. The van der Waals surface area contributed by atoms with Gasteiger partial charge in [0, 0.05) is 31.1 Å². The van der Waals surface area contributed by atoms with E-state index >= 15 is 0 Å². The van der Waals surface area contributed by atoms with E-state index in [2.05, 4.69) is 40.4 Å². The van der Waals surface area contributed by atoms with Gasteiger partial charge in [0.25, 0.3) is 0 Å². The van der Waals surface area contributed by atoms with Gasteiger partial charge in [-0.25, -0.2) is 4.98 Å². The fourth-order valence-electron chi connectivity index (χ4n) is 4.88. The molecule has 0 unspecified atom stereocenters. The van der Waals surface area contributed by atoms with E-state index in [1.165, 1.54) is 0 Å². The van der Waals surface area contributed by atoms with E-state index in [1.54, 1.807) is 12.1 Å². The minimum Gasteiger partial charge on any atom is -0.508 e. The fourth-order valence-corrected chi connectivity index (χ4v) is 4.88. The molecule has 5 rings (SSSR count). The third-order valence-corrected chi connectivity index (χ3v) is 6.72. The number of para-hydroxylation sites is 2. The number of benzene rings is 2. The lowest BCUT2D eigenvalue weighted by atomic mass is 9.97. The number of phenols is 1. The average molecular weight is 426 g/mol. The SMILES string of the molecule is Cc1c(Cc2ccc(O)cc2)c(N2CC[C@H](N(C)C)C2)n2c(nc3ccccc32)c1C#N. The second kappa shape index (κ2) is 7.85. The number of rotatable bonds is 4. The number of imidazole rings is 1. The summed E-state index contributed by atoms with van der Waals surface area (Å²) in [6, 6.07) is 18.4. The van der Waals surface area contributed by atoms with Gasteiger partial charge in [-0.2, -0.15) is 5.26 Å². The molecular weight excluding hydrogens is 398 g/mol. The maximum Gasteiger partial charge on any atom is 0.157 e. The Morgan fingerprint density at radius 1 is 1.16 bits per heavy atom. The molecule has 1 aliphatic heterocycles. The monoisotopic (exact) mass is 425 g/mol. The van der Waals surface area contributed by atoms with Crippen molar-refractivity contribution in [2.75, 3.05) is 32.1 Å². The van der Waals surface area contributed by atoms with Crippen LogP contribution in [0.2, 0.25) is 0 Å². The van der Waals surface area contributed by atoms with Gasteiger partial charge in [-0.1, -0.05) is 24.3 Å². The first-order chi connectivity index (χ1) is 15.5. The number of pyridine rings is 1. The molecule has 0 bridgehead atoms. The number of hydrogen-bond donors (Lipinski definition) is 1. The summed E-state index contributed by atoms with van der Waals surface area (Å²) < 4.78 is 2.19. The Labute approximate surface area is 187 Å². The van der Waals surface area contributed by atoms with E-state index in [1.807, 2.05) is 37.3 Å². The zero-order valence-electron chi connectivity index (χ0n) is 18.7. The topological polar surface area (TPSA) is 67.8 Å². The average Bonchev–Trinajstić information content (AvgIpc) is 3.41. The molecule has 1 fully saturated rings. The zero-order chi connectivity index (χ0) is 22.4. The summed E-state index contributed by atoms with van der Waals surface area (Å²) in [5, 5.41) is 19.8. The summed E-state index contributed by atoms with van der Waals surface area (Å²) in [6.07, 6.45) is 1.78. The van der Waals surface area contributed by atoms with Crippen molar-refractivity contribution in [1.82, 2.24) is 14.3 Å². The molecule has 3 heterocycles. The van der Waals surface area contributed by atoms with Crippen LogP contribution in [0.5, 0.6) is 5.75 Å². The smallest absolute Gasteiger partial charge is 0.157 e. The van der Waals surface area contributed by atoms with Crippen LogP contribution in [0.3, 0.4) is 0 Å². The van der Waals surface area contributed by atoms with Crippen molar-refractivity contribution in [3.63, 3.8) is 0 Å². The summed E-state index contributed by atoms with van der Waals surface area (Å²) in [7, 11) is 4.27. The van der Waals surface area contributed by atoms with E-state index in [0.29, 0.717) is 18.0 Å². The number of nitriles is 1. The van der Waals surface area contributed by atoms with Crippen molar-refractivity contribution < 1.29 is 5.11 Å². The number of hydrogen-bond acceptors (Lipinski definition) is 5. The van der Waals surface area contributed by atoms with E-state index in [-0.39, 0.29) is 5.75 Å². The minimum absolute atomic E-state index is 0.257. The molecule has 0 amide bonds. The zero-order valence-corrected chi connectivity index (χ0v) is 18.7. The molecule has 0 radical (unpaired) electrons. The van der Waals surface area contributed by atoms with Crippen molar-refractivity contribution in [3.05, 3.63) is 70.8 Å². The maximum absolute atomic E-state index is 10.1. The molecule has 32 heavy (non-hydrogen) atoms. The van der Waals surface area contributed by atoms with Crippen LogP contribution in [0.15, 0.2) is 48.5 Å². The second-order valence-corrected chi connectivity index (χ2v) is 8.87. The summed E-state index contributed by atoms with van der Waals surface area (Å²) in [5.74, 6) is 1.38. The van der Waals surface area contributed by atoms with Gasteiger partial charge in [-0.05, 0) is 62.8 Å². The highest BCUT2D eigenvalue weighted by Gasteiger charge is 2.30. The molecular formula is C26H27N5O. The van der Waals surface area contributed by atoms with E-state index in [4.69, 9.17) is 4.98 Å². The Hall–Kier alpha value is -3.56. The van der Waals surface area contributed by atoms with Crippen molar-refractivity contribution in [3.8, 4) is 11.8 Å². The molecule has 6 heteroatoms. The maximum atomic E-state index is 10.1. The number of phenolic OH excluding ortho intramolecular Hbond substituents is 1. The van der Waals surface area contributed by atoms with Crippen LogP contribution in [0, 0.1) is 18.3 Å².